The number of hydrogen-bond acceptors (Lipinski definition) is 3. The average molecular weight is 331 g/mol. The number of fused-ring (bicyclic) bond motifs is 1. The predicted octanol–water partition coefficient (Wildman–Crippen LogP) is 3.69. The number of nitrogens with one attached hydrogen (secondary N) is 1. The molecule has 1 atom stereocenters. The number of rotatable bonds is 2. The third kappa shape index (κ3) is 3.04. The Morgan fingerprint density at radius 2 is 1.92 bits per heavy atom. The van der Waals surface area contributed by atoms with E-state index in [2.05, 4.69) is 5.32 Å². The zero-order chi connectivity index (χ0) is 17.3. The lowest BCUT2D eigenvalue weighted by molar-refractivity contribution is -0.144. The third-order valence-corrected chi connectivity index (χ3v) is 3.70. The third-order valence-electron chi connectivity index (χ3n) is 3.70. The summed E-state index contributed by atoms with van der Waals surface area (Å²) >= 11 is 0. The molecule has 1 aliphatic heterocycles. The summed E-state index contributed by atoms with van der Waals surface area (Å²) in [5.74, 6) is -0.700. The van der Waals surface area contributed by atoms with Crippen molar-refractivity contribution in [2.45, 2.75) is 12.3 Å². The van der Waals surface area contributed by atoms with Crippen molar-refractivity contribution in [3.63, 3.8) is 0 Å². The molecule has 24 heavy (non-hydrogen) atoms. The number of hydrogen-bond donors (Lipinski definition) is 1. The predicted molar refractivity (Wildman–Crippen MR) is 81.1 cm³/mol. The Kier molecular flexibility index (Phi) is 3.89. The average Bonchev–Trinajstić information content (AvgIpc) is 2.56. The van der Waals surface area contributed by atoms with Gasteiger partial charge >= 0.3 is 6.18 Å². The number of benzene rings is 2. The molecule has 0 fully saturated rings. The SMILES string of the molecule is N#Cc1cccc([C@@H]2Nc3ccccc3C(=O)N2CC(F)(F)F)c1. The van der Waals surface area contributed by atoms with Gasteiger partial charge in [0.25, 0.3) is 5.91 Å². The van der Waals surface area contributed by atoms with Gasteiger partial charge in [-0.15, -0.1) is 0 Å². The fourth-order valence-electron chi connectivity index (χ4n) is 2.69. The molecule has 0 radical (unpaired) electrons. The van der Waals surface area contributed by atoms with Gasteiger partial charge in [0, 0.05) is 5.69 Å². The van der Waals surface area contributed by atoms with Gasteiger partial charge in [0.1, 0.15) is 12.7 Å². The van der Waals surface area contributed by atoms with E-state index in [1.807, 2.05) is 6.07 Å². The van der Waals surface area contributed by atoms with Crippen LogP contribution >= 0.6 is 0 Å². The Hall–Kier alpha value is -3.01. The molecule has 2 aromatic carbocycles. The lowest BCUT2D eigenvalue weighted by atomic mass is 10.0. The van der Waals surface area contributed by atoms with Crippen molar-refractivity contribution < 1.29 is 18.0 Å². The summed E-state index contributed by atoms with van der Waals surface area (Å²) in [4.78, 5) is 13.3. The summed E-state index contributed by atoms with van der Waals surface area (Å²) in [6, 6.07) is 14.5. The maximum atomic E-state index is 12.9. The molecule has 1 N–H and O–H groups in total. The molecule has 122 valence electrons. The molecular formula is C17H12F3N3O. The Balaban J connectivity index is 2.07. The minimum absolute atomic E-state index is 0.189. The summed E-state index contributed by atoms with van der Waals surface area (Å²) in [5.41, 5.74) is 1.39. The van der Waals surface area contributed by atoms with E-state index in [4.69, 9.17) is 5.26 Å². The highest BCUT2D eigenvalue weighted by Crippen LogP contribution is 2.35. The number of amides is 1. The minimum atomic E-state index is -4.53. The molecule has 3 rings (SSSR count). The van der Waals surface area contributed by atoms with Crippen molar-refractivity contribution >= 4 is 11.6 Å². The molecule has 0 saturated heterocycles. The highest BCUT2D eigenvalue weighted by Gasteiger charge is 2.40. The number of carbonyl (C=O) groups excluding carboxylic acids is 1. The fourth-order valence-corrected chi connectivity index (χ4v) is 2.69. The Labute approximate surface area is 136 Å². The molecule has 7 heteroatoms. The standard InChI is InChI=1S/C17H12F3N3O/c18-17(19,20)10-23-15(12-5-3-4-11(8-12)9-21)22-14-7-2-1-6-13(14)16(23)24/h1-8,15,22H,10H2/t15-/m1/s1. The molecular weight excluding hydrogens is 319 g/mol. The quantitative estimate of drug-likeness (QED) is 0.913. The van der Waals surface area contributed by atoms with E-state index < -0.39 is 24.8 Å². The van der Waals surface area contributed by atoms with Crippen LogP contribution in [0.2, 0.25) is 0 Å². The fraction of sp³-hybridized carbons (Fsp3) is 0.176. The van der Waals surface area contributed by atoms with Crippen LogP contribution in [0.4, 0.5) is 18.9 Å². The number of para-hydroxylation sites is 1. The summed E-state index contributed by atoms with van der Waals surface area (Å²) in [6.07, 6.45) is -5.53. The van der Waals surface area contributed by atoms with Gasteiger partial charge in [0.05, 0.1) is 17.2 Å². The minimum Gasteiger partial charge on any atom is -0.361 e. The number of nitriles is 1. The first kappa shape index (κ1) is 15.9. The maximum Gasteiger partial charge on any atom is 0.406 e. The van der Waals surface area contributed by atoms with Crippen molar-refractivity contribution in [3.8, 4) is 6.07 Å². The number of halogens is 3. The van der Waals surface area contributed by atoms with Crippen LogP contribution in [0.5, 0.6) is 0 Å². The summed E-state index contributed by atoms with van der Waals surface area (Å²) in [6.45, 7) is -1.38. The first-order chi connectivity index (χ1) is 11.4. The van der Waals surface area contributed by atoms with Crippen LogP contribution in [-0.4, -0.2) is 23.5 Å². The number of carbonyl (C=O) groups is 1. The van der Waals surface area contributed by atoms with Gasteiger partial charge < -0.3 is 10.2 Å². The second-order valence-corrected chi connectivity index (χ2v) is 5.38. The van der Waals surface area contributed by atoms with Crippen molar-refractivity contribution in [1.82, 2.24) is 4.90 Å². The van der Waals surface area contributed by atoms with E-state index in [9.17, 15) is 18.0 Å². The molecule has 1 aliphatic rings. The Bertz CT molecular complexity index is 826. The van der Waals surface area contributed by atoms with Gasteiger partial charge in [-0.3, -0.25) is 4.79 Å². The van der Waals surface area contributed by atoms with Crippen LogP contribution in [0.15, 0.2) is 48.5 Å². The van der Waals surface area contributed by atoms with Gasteiger partial charge in [-0.2, -0.15) is 18.4 Å². The van der Waals surface area contributed by atoms with Gasteiger partial charge in [-0.1, -0.05) is 24.3 Å². The van der Waals surface area contributed by atoms with E-state index in [-0.39, 0.29) is 5.56 Å². The highest BCUT2D eigenvalue weighted by atomic mass is 19.4. The Morgan fingerprint density at radius 1 is 1.17 bits per heavy atom. The number of nitrogens with zero attached hydrogens (tertiary/aromatic N) is 2. The molecule has 1 heterocycles. The zero-order valence-electron chi connectivity index (χ0n) is 12.3. The normalized spacial score (nSPS) is 17.0. The highest BCUT2D eigenvalue weighted by molar-refractivity contribution is 6.01. The topological polar surface area (TPSA) is 56.1 Å². The van der Waals surface area contributed by atoms with Crippen LogP contribution in [0, 0.1) is 11.3 Å². The van der Waals surface area contributed by atoms with Gasteiger partial charge in [-0.05, 0) is 29.8 Å². The second kappa shape index (κ2) is 5.89. The zero-order valence-corrected chi connectivity index (χ0v) is 12.3. The molecule has 0 spiro atoms. The number of alkyl halides is 3. The van der Waals surface area contributed by atoms with Crippen molar-refractivity contribution in [1.29, 1.82) is 5.26 Å². The smallest absolute Gasteiger partial charge is 0.361 e. The number of anilines is 1. The first-order valence-electron chi connectivity index (χ1n) is 7.12. The largest absolute Gasteiger partial charge is 0.406 e. The van der Waals surface area contributed by atoms with Gasteiger partial charge in [0.15, 0.2) is 0 Å². The molecule has 4 nitrogen and oxygen atoms in total. The molecule has 2 aromatic rings. The van der Waals surface area contributed by atoms with Crippen LogP contribution in [0.25, 0.3) is 0 Å². The monoisotopic (exact) mass is 331 g/mol. The van der Waals surface area contributed by atoms with Crippen molar-refractivity contribution in [2.75, 3.05) is 11.9 Å². The van der Waals surface area contributed by atoms with Crippen molar-refractivity contribution in [3.05, 3.63) is 65.2 Å². The van der Waals surface area contributed by atoms with E-state index in [0.717, 1.165) is 4.90 Å². The van der Waals surface area contributed by atoms with Crippen molar-refractivity contribution in [2.24, 2.45) is 0 Å². The molecule has 0 aliphatic carbocycles. The van der Waals surface area contributed by atoms with Gasteiger partial charge in [0.2, 0.25) is 0 Å². The van der Waals surface area contributed by atoms with E-state index in [1.165, 1.54) is 12.1 Å². The van der Waals surface area contributed by atoms with Crippen LogP contribution < -0.4 is 5.32 Å². The molecule has 1 amide bonds. The van der Waals surface area contributed by atoms with E-state index >= 15 is 0 Å². The van der Waals surface area contributed by atoms with Crippen LogP contribution in [0.1, 0.15) is 27.7 Å². The molecule has 0 aromatic heterocycles. The van der Waals surface area contributed by atoms with Gasteiger partial charge in [-0.25, -0.2) is 0 Å². The summed E-state index contributed by atoms with van der Waals surface area (Å²) in [7, 11) is 0. The molecule has 0 saturated carbocycles. The lowest BCUT2D eigenvalue weighted by Gasteiger charge is -2.38. The molecule has 0 unspecified atom stereocenters. The lowest BCUT2D eigenvalue weighted by Crippen LogP contribution is -2.47. The first-order valence-corrected chi connectivity index (χ1v) is 7.12. The molecule has 0 bridgehead atoms. The van der Waals surface area contributed by atoms with Crippen LogP contribution in [-0.2, 0) is 0 Å². The van der Waals surface area contributed by atoms with Crippen LogP contribution in [0.3, 0.4) is 0 Å². The second-order valence-electron chi connectivity index (χ2n) is 5.38. The van der Waals surface area contributed by atoms with E-state index in [0.29, 0.717) is 16.8 Å². The Morgan fingerprint density at radius 3 is 2.62 bits per heavy atom. The summed E-state index contributed by atoms with van der Waals surface area (Å²) in [5, 5.41) is 12.0. The summed E-state index contributed by atoms with van der Waals surface area (Å²) < 4.78 is 38.8. The maximum absolute atomic E-state index is 12.9. The van der Waals surface area contributed by atoms with E-state index in [1.54, 1.807) is 36.4 Å².